The Morgan fingerprint density at radius 3 is 2.78 bits per heavy atom. The number of carbonyl (C=O) groups is 1. The van der Waals surface area contributed by atoms with Crippen molar-refractivity contribution < 1.29 is 13.9 Å². The van der Waals surface area contributed by atoms with Gasteiger partial charge in [-0.25, -0.2) is 4.68 Å². The van der Waals surface area contributed by atoms with Crippen molar-refractivity contribution in [2.75, 3.05) is 13.2 Å². The lowest BCUT2D eigenvalue weighted by Gasteiger charge is -2.20. The van der Waals surface area contributed by atoms with Crippen LogP contribution in [-0.2, 0) is 4.74 Å². The molecule has 1 amide bonds. The number of nitrogens with one attached hydrogen (secondary N) is 1. The molecule has 0 bridgehead atoms. The maximum absolute atomic E-state index is 12.4. The third-order valence-corrected chi connectivity index (χ3v) is 3.93. The summed E-state index contributed by atoms with van der Waals surface area (Å²) >= 11 is 0. The highest BCUT2D eigenvalue weighted by molar-refractivity contribution is 5.95. The quantitative estimate of drug-likeness (QED) is 0.917. The molecular formula is C16H19N3O4. The van der Waals surface area contributed by atoms with Crippen LogP contribution in [0.15, 0.2) is 27.4 Å². The molecule has 1 saturated heterocycles. The topological polar surface area (TPSA) is 86.4 Å². The first-order chi connectivity index (χ1) is 11.0. The molecule has 122 valence electrons. The van der Waals surface area contributed by atoms with E-state index in [0.29, 0.717) is 30.3 Å². The fraction of sp³-hybridized carbons (Fsp3) is 0.438. The smallest absolute Gasteiger partial charge is 0.267 e. The van der Waals surface area contributed by atoms with Gasteiger partial charge in [-0.15, -0.1) is 0 Å². The average Bonchev–Trinajstić information content (AvgIpc) is 3.08. The molecule has 1 fully saturated rings. The summed E-state index contributed by atoms with van der Waals surface area (Å²) in [6.45, 7) is 6.04. The van der Waals surface area contributed by atoms with Crippen LogP contribution in [0.4, 0.5) is 0 Å². The Kier molecular flexibility index (Phi) is 4.04. The maximum atomic E-state index is 12.4. The van der Waals surface area contributed by atoms with Gasteiger partial charge in [-0.3, -0.25) is 9.59 Å². The molecule has 7 heteroatoms. The number of hydrogen-bond acceptors (Lipinski definition) is 5. The molecule has 0 spiro atoms. The fourth-order valence-corrected chi connectivity index (χ4v) is 2.78. The van der Waals surface area contributed by atoms with Gasteiger partial charge in [0.15, 0.2) is 0 Å². The number of aromatic nitrogens is 2. The van der Waals surface area contributed by atoms with E-state index in [4.69, 9.17) is 9.15 Å². The Hall–Kier alpha value is -2.41. The van der Waals surface area contributed by atoms with Gasteiger partial charge in [0.2, 0.25) is 0 Å². The zero-order valence-electron chi connectivity index (χ0n) is 13.3. The van der Waals surface area contributed by atoms with E-state index in [-0.39, 0.29) is 23.6 Å². The van der Waals surface area contributed by atoms with E-state index in [2.05, 4.69) is 10.4 Å². The first-order valence-electron chi connectivity index (χ1n) is 7.48. The van der Waals surface area contributed by atoms with Crippen molar-refractivity contribution >= 4 is 5.91 Å². The monoisotopic (exact) mass is 317 g/mol. The van der Waals surface area contributed by atoms with Crippen LogP contribution in [0.5, 0.6) is 0 Å². The van der Waals surface area contributed by atoms with E-state index in [1.165, 1.54) is 10.7 Å². The van der Waals surface area contributed by atoms with Gasteiger partial charge in [-0.1, -0.05) is 0 Å². The number of hydrogen-bond donors (Lipinski definition) is 1. The summed E-state index contributed by atoms with van der Waals surface area (Å²) in [5, 5.41) is 7.18. The Morgan fingerprint density at radius 1 is 1.30 bits per heavy atom. The molecule has 2 atom stereocenters. The number of amides is 1. The predicted molar refractivity (Wildman–Crippen MR) is 82.5 cm³/mol. The van der Waals surface area contributed by atoms with Crippen LogP contribution in [0.1, 0.15) is 33.6 Å². The van der Waals surface area contributed by atoms with Gasteiger partial charge >= 0.3 is 0 Å². The van der Waals surface area contributed by atoms with Crippen molar-refractivity contribution in [3.05, 3.63) is 51.3 Å². The Bertz CT molecular complexity index is 793. The summed E-state index contributed by atoms with van der Waals surface area (Å²) < 4.78 is 12.2. The number of ether oxygens (including phenoxy) is 1. The lowest BCUT2D eigenvalue weighted by Crippen LogP contribution is -2.44. The van der Waals surface area contributed by atoms with Crippen molar-refractivity contribution in [3.8, 4) is 0 Å². The highest BCUT2D eigenvalue weighted by atomic mass is 16.5. The summed E-state index contributed by atoms with van der Waals surface area (Å²) in [5.41, 5.74) is 1.03. The molecule has 0 aliphatic carbocycles. The minimum absolute atomic E-state index is 0.208. The summed E-state index contributed by atoms with van der Waals surface area (Å²) in [5.74, 6) is 1.02. The first-order valence-corrected chi connectivity index (χ1v) is 7.48. The Labute approximate surface area is 133 Å². The van der Waals surface area contributed by atoms with E-state index in [1.807, 2.05) is 6.92 Å². The van der Waals surface area contributed by atoms with Gasteiger partial charge in [-0.05, 0) is 32.9 Å². The molecule has 2 unspecified atom stereocenters. The first kappa shape index (κ1) is 15.5. The molecular weight excluding hydrogens is 298 g/mol. The van der Waals surface area contributed by atoms with E-state index < -0.39 is 0 Å². The lowest BCUT2D eigenvalue weighted by molar-refractivity contribution is 0.0923. The highest BCUT2D eigenvalue weighted by Gasteiger charge is 2.33. The SMILES string of the molecule is Cc1ccc(=O)n(C2COCC2NC(=O)c2cc(C)oc2C)n1. The van der Waals surface area contributed by atoms with Gasteiger partial charge < -0.3 is 14.5 Å². The predicted octanol–water partition coefficient (Wildman–Crippen LogP) is 1.13. The largest absolute Gasteiger partial charge is 0.466 e. The van der Waals surface area contributed by atoms with E-state index in [1.54, 1.807) is 26.0 Å². The second-order valence-electron chi connectivity index (χ2n) is 5.77. The molecule has 2 aromatic rings. The number of aryl methyl sites for hydroxylation is 3. The van der Waals surface area contributed by atoms with Gasteiger partial charge in [0.25, 0.3) is 11.5 Å². The van der Waals surface area contributed by atoms with E-state index >= 15 is 0 Å². The van der Waals surface area contributed by atoms with Crippen LogP contribution >= 0.6 is 0 Å². The normalized spacial score (nSPS) is 20.7. The molecule has 3 heterocycles. The Balaban J connectivity index is 1.82. The van der Waals surface area contributed by atoms with Gasteiger partial charge in [-0.2, -0.15) is 5.10 Å². The maximum Gasteiger partial charge on any atom is 0.267 e. The second-order valence-corrected chi connectivity index (χ2v) is 5.77. The highest BCUT2D eigenvalue weighted by Crippen LogP contribution is 2.19. The summed E-state index contributed by atoms with van der Waals surface area (Å²) in [7, 11) is 0. The summed E-state index contributed by atoms with van der Waals surface area (Å²) in [6, 6.07) is 4.21. The summed E-state index contributed by atoms with van der Waals surface area (Å²) in [6.07, 6.45) is 0. The molecule has 1 aliphatic rings. The molecule has 0 aromatic carbocycles. The van der Waals surface area contributed by atoms with Crippen LogP contribution in [0.25, 0.3) is 0 Å². The van der Waals surface area contributed by atoms with Crippen molar-refractivity contribution in [2.45, 2.75) is 32.9 Å². The zero-order chi connectivity index (χ0) is 16.6. The van der Waals surface area contributed by atoms with Crippen molar-refractivity contribution in [2.24, 2.45) is 0 Å². The van der Waals surface area contributed by atoms with Crippen LogP contribution in [0.3, 0.4) is 0 Å². The van der Waals surface area contributed by atoms with Crippen LogP contribution in [0, 0.1) is 20.8 Å². The minimum atomic E-state index is -0.320. The van der Waals surface area contributed by atoms with Crippen LogP contribution in [-0.4, -0.2) is 34.9 Å². The molecule has 3 rings (SSSR count). The number of furan rings is 1. The van der Waals surface area contributed by atoms with E-state index in [0.717, 1.165) is 5.69 Å². The standard InChI is InChI=1S/C16H19N3O4/c1-9-4-5-15(20)19(18-9)14-8-22-7-13(14)17-16(21)12-6-10(2)23-11(12)3/h4-6,13-14H,7-8H2,1-3H3,(H,17,21). The lowest BCUT2D eigenvalue weighted by atomic mass is 10.1. The van der Waals surface area contributed by atoms with Crippen molar-refractivity contribution in [3.63, 3.8) is 0 Å². The van der Waals surface area contributed by atoms with Gasteiger partial charge in [0.1, 0.15) is 17.6 Å². The van der Waals surface area contributed by atoms with Crippen LogP contribution < -0.4 is 10.9 Å². The number of carbonyl (C=O) groups excluding carboxylic acids is 1. The summed E-state index contributed by atoms with van der Waals surface area (Å²) in [4.78, 5) is 24.5. The molecule has 0 radical (unpaired) electrons. The second kappa shape index (κ2) is 6.00. The minimum Gasteiger partial charge on any atom is -0.466 e. The average molecular weight is 317 g/mol. The molecule has 1 aliphatic heterocycles. The third-order valence-electron chi connectivity index (χ3n) is 3.93. The van der Waals surface area contributed by atoms with Crippen LogP contribution in [0.2, 0.25) is 0 Å². The van der Waals surface area contributed by atoms with Gasteiger partial charge in [0.05, 0.1) is 30.5 Å². The molecule has 1 N–H and O–H groups in total. The molecule has 23 heavy (non-hydrogen) atoms. The Morgan fingerprint density at radius 2 is 2.09 bits per heavy atom. The number of rotatable bonds is 3. The molecule has 2 aromatic heterocycles. The zero-order valence-corrected chi connectivity index (χ0v) is 13.3. The van der Waals surface area contributed by atoms with E-state index in [9.17, 15) is 9.59 Å². The number of nitrogens with zero attached hydrogens (tertiary/aromatic N) is 2. The fourth-order valence-electron chi connectivity index (χ4n) is 2.78. The van der Waals surface area contributed by atoms with Gasteiger partial charge in [0, 0.05) is 6.07 Å². The van der Waals surface area contributed by atoms with Crippen molar-refractivity contribution in [1.82, 2.24) is 15.1 Å². The van der Waals surface area contributed by atoms with Crippen molar-refractivity contribution in [1.29, 1.82) is 0 Å². The third kappa shape index (κ3) is 3.05. The molecule has 7 nitrogen and oxygen atoms in total. The molecule has 0 saturated carbocycles.